The van der Waals surface area contributed by atoms with Gasteiger partial charge >= 0.3 is 29.6 Å². The summed E-state index contributed by atoms with van der Waals surface area (Å²) in [4.78, 5) is 0. The van der Waals surface area contributed by atoms with Crippen LogP contribution in [0, 0.1) is 19.8 Å². The first-order chi connectivity index (χ1) is 6.26. The van der Waals surface area contributed by atoms with Gasteiger partial charge in [0.25, 0.3) is 0 Å². The van der Waals surface area contributed by atoms with Crippen LogP contribution in [0.4, 0.5) is 0 Å². The minimum atomic E-state index is 0. The molecule has 0 aliphatic rings. The van der Waals surface area contributed by atoms with Crippen LogP contribution in [0.1, 0.15) is 27.2 Å². The van der Waals surface area contributed by atoms with Gasteiger partial charge in [0.05, 0.1) is 0 Å². The third-order valence-electron chi connectivity index (χ3n) is 1.58. The summed E-state index contributed by atoms with van der Waals surface area (Å²) in [6.45, 7) is 17.4. The molecule has 1 unspecified atom stereocenters. The molecule has 0 aromatic rings. The fraction of sp³-hybridized carbons (Fsp3) is 0.385. The molecule has 1 heteroatoms. The van der Waals surface area contributed by atoms with Crippen LogP contribution in [-0.4, -0.2) is 0 Å². The van der Waals surface area contributed by atoms with Crippen molar-refractivity contribution in [3.63, 3.8) is 0 Å². The average molecular weight is 201 g/mol. The zero-order valence-corrected chi connectivity index (χ0v) is 12.2. The van der Waals surface area contributed by atoms with Crippen molar-refractivity contribution < 1.29 is 29.6 Å². The van der Waals surface area contributed by atoms with Gasteiger partial charge in [-0.2, -0.15) is 5.92 Å². The molecular weight excluding hydrogens is 179 g/mol. The first-order valence-corrected chi connectivity index (χ1v) is 4.83. The topological polar surface area (TPSA) is 0 Å². The molecule has 0 aliphatic carbocycles. The maximum atomic E-state index is 3.96. The molecule has 14 heavy (non-hydrogen) atoms. The first-order valence-electron chi connectivity index (χ1n) is 4.83. The Bertz CT molecular complexity index is 166. The van der Waals surface area contributed by atoms with Gasteiger partial charge in [-0.05, 0) is 6.92 Å². The molecule has 1 atom stereocenters. The molecule has 0 N–H and O–H groups in total. The van der Waals surface area contributed by atoms with Crippen LogP contribution < -0.4 is 29.6 Å². The number of hydrogen-bond acceptors (Lipinski definition) is 0. The van der Waals surface area contributed by atoms with E-state index in [1.54, 1.807) is 6.08 Å². The van der Waals surface area contributed by atoms with Crippen molar-refractivity contribution in [3.05, 3.63) is 50.3 Å². The molecule has 0 fully saturated rings. The van der Waals surface area contributed by atoms with Crippen LogP contribution in [0.25, 0.3) is 0 Å². The minimum absolute atomic E-state index is 0. The van der Waals surface area contributed by atoms with Crippen molar-refractivity contribution >= 4 is 0 Å². The Morgan fingerprint density at radius 3 is 2.21 bits per heavy atom. The minimum Gasteiger partial charge on any atom is -0.345 e. The smallest absolute Gasteiger partial charge is 0.345 e. The Morgan fingerprint density at radius 2 is 1.93 bits per heavy atom. The molecule has 0 aromatic heterocycles. The average Bonchev–Trinajstić information content (AvgIpc) is 2.21. The van der Waals surface area contributed by atoms with Crippen molar-refractivity contribution in [2.75, 3.05) is 0 Å². The van der Waals surface area contributed by atoms with Gasteiger partial charge in [0.15, 0.2) is 0 Å². The third-order valence-corrected chi connectivity index (χ3v) is 1.58. The Labute approximate surface area is 112 Å². The Morgan fingerprint density at radius 1 is 1.43 bits per heavy atom. The van der Waals surface area contributed by atoms with E-state index in [1.165, 1.54) is 5.57 Å². The number of hydrogen-bond donors (Lipinski definition) is 0. The van der Waals surface area contributed by atoms with E-state index >= 15 is 0 Å². The first kappa shape index (κ1) is 19.7. The van der Waals surface area contributed by atoms with Gasteiger partial charge in [0.2, 0.25) is 0 Å². The SMILES string of the molecule is C=C/C=C\C(=C/C)C([CH2-])C[CH2-].CC.[Na+]. The van der Waals surface area contributed by atoms with Gasteiger partial charge in [0, 0.05) is 0 Å². The fourth-order valence-corrected chi connectivity index (χ4v) is 0.814. The fourth-order valence-electron chi connectivity index (χ4n) is 0.814. The van der Waals surface area contributed by atoms with Crippen LogP contribution in [-0.2, 0) is 0 Å². The molecule has 0 nitrogen and oxygen atoms in total. The quantitative estimate of drug-likeness (QED) is 0.366. The van der Waals surface area contributed by atoms with Crippen molar-refractivity contribution in [2.45, 2.75) is 27.2 Å². The summed E-state index contributed by atoms with van der Waals surface area (Å²) in [6, 6.07) is 0. The summed E-state index contributed by atoms with van der Waals surface area (Å²) < 4.78 is 0. The van der Waals surface area contributed by atoms with Gasteiger partial charge in [0.1, 0.15) is 0 Å². The maximum absolute atomic E-state index is 3.96. The second-order valence-corrected chi connectivity index (χ2v) is 2.37. The maximum Gasteiger partial charge on any atom is 1.00 e. The molecule has 0 aromatic carbocycles. The summed E-state index contributed by atoms with van der Waals surface area (Å²) in [5.41, 5.74) is 1.22. The zero-order chi connectivity index (χ0) is 10.7. The predicted octanol–water partition coefficient (Wildman–Crippen LogP) is 1.38. The van der Waals surface area contributed by atoms with Crippen molar-refractivity contribution in [3.8, 4) is 0 Å². The second-order valence-electron chi connectivity index (χ2n) is 2.37. The van der Waals surface area contributed by atoms with Crippen molar-refractivity contribution in [1.29, 1.82) is 0 Å². The summed E-state index contributed by atoms with van der Waals surface area (Å²) in [7, 11) is 0. The molecule has 0 spiro atoms. The number of rotatable bonds is 4. The van der Waals surface area contributed by atoms with Crippen LogP contribution in [0.5, 0.6) is 0 Å². The number of allylic oxidation sites excluding steroid dienone is 5. The normalized spacial score (nSPS) is 12.5. The summed E-state index contributed by atoms with van der Waals surface area (Å²) >= 11 is 0. The predicted molar refractivity (Wildman–Crippen MR) is 63.3 cm³/mol. The van der Waals surface area contributed by atoms with Crippen molar-refractivity contribution in [1.82, 2.24) is 0 Å². The second kappa shape index (κ2) is 15.7. The van der Waals surface area contributed by atoms with E-state index in [-0.39, 0.29) is 29.6 Å². The van der Waals surface area contributed by atoms with E-state index in [1.807, 2.05) is 32.9 Å². The molecule has 76 valence electrons. The molecule has 0 aliphatic heterocycles. The monoisotopic (exact) mass is 201 g/mol. The molecule has 0 rings (SSSR count). The Hall–Kier alpha value is 0.220. The summed E-state index contributed by atoms with van der Waals surface area (Å²) in [5, 5.41) is 0. The summed E-state index contributed by atoms with van der Waals surface area (Å²) in [5.74, 6) is 0.302. The molecule has 0 amide bonds. The van der Waals surface area contributed by atoms with E-state index in [4.69, 9.17) is 0 Å². The van der Waals surface area contributed by atoms with Gasteiger partial charge < -0.3 is 13.8 Å². The Kier molecular flexibility index (Phi) is 22.1. The van der Waals surface area contributed by atoms with Gasteiger partial charge in [-0.1, -0.05) is 50.3 Å². The van der Waals surface area contributed by atoms with Crippen molar-refractivity contribution in [2.24, 2.45) is 5.92 Å². The molecule has 0 saturated carbocycles. The Balaban J connectivity index is -0.000000376. The van der Waals surface area contributed by atoms with E-state index in [2.05, 4.69) is 26.5 Å². The van der Waals surface area contributed by atoms with Crippen LogP contribution in [0.3, 0.4) is 0 Å². The van der Waals surface area contributed by atoms with E-state index in [0.717, 1.165) is 6.42 Å². The van der Waals surface area contributed by atoms with E-state index < -0.39 is 0 Å². The molecule has 0 saturated heterocycles. The molecular formula is C13H22Na-. The van der Waals surface area contributed by atoms with Crippen LogP contribution in [0.2, 0.25) is 0 Å². The van der Waals surface area contributed by atoms with E-state index in [0.29, 0.717) is 5.92 Å². The molecule has 0 radical (unpaired) electrons. The van der Waals surface area contributed by atoms with Crippen LogP contribution >= 0.6 is 0 Å². The van der Waals surface area contributed by atoms with Gasteiger partial charge in [-0.3, -0.25) is 0 Å². The largest absolute Gasteiger partial charge is 1.00 e. The van der Waals surface area contributed by atoms with Crippen LogP contribution in [0.15, 0.2) is 36.5 Å². The molecule has 0 heterocycles. The summed E-state index contributed by atoms with van der Waals surface area (Å²) in [6.07, 6.45) is 8.60. The van der Waals surface area contributed by atoms with E-state index in [9.17, 15) is 0 Å². The standard InChI is InChI=1S/C11H16.C2H6.Na/c1-5-8-9-11(7-3)10(4)6-2;1-2;/h5,7-10H,1-2,4,6H2,3H3;1-2H3;/q-2;;+1/b9-8-,11-7+;;. The third kappa shape index (κ3) is 10.3. The van der Waals surface area contributed by atoms with Gasteiger partial charge in [-0.25, -0.2) is 6.42 Å². The molecule has 0 bridgehead atoms. The zero-order valence-electron chi connectivity index (χ0n) is 10.2. The van der Waals surface area contributed by atoms with Gasteiger partial charge in [-0.15, -0.1) is 0 Å².